The van der Waals surface area contributed by atoms with E-state index in [-0.39, 0.29) is 36.4 Å². The molecular weight excluding hydrogens is 873 g/mol. The Kier molecular flexibility index (Phi) is 14.6. The number of likely N-dealkylation sites (tertiary alicyclic amines) is 2. The van der Waals surface area contributed by atoms with Gasteiger partial charge in [-0.15, -0.1) is 0 Å². The molecule has 2 fully saturated rings. The van der Waals surface area contributed by atoms with Crippen LogP contribution in [-0.2, 0) is 42.4 Å². The van der Waals surface area contributed by atoms with E-state index in [9.17, 15) is 26.4 Å². The average molecular weight is 925 g/mol. The second kappa shape index (κ2) is 20.3. The molecule has 0 spiro atoms. The van der Waals surface area contributed by atoms with Gasteiger partial charge in [0.2, 0.25) is 19.7 Å². The van der Waals surface area contributed by atoms with Gasteiger partial charge in [-0.05, 0) is 137 Å². The van der Waals surface area contributed by atoms with Crippen LogP contribution in [0.3, 0.4) is 0 Å². The van der Waals surface area contributed by atoms with Crippen LogP contribution in [0.5, 0.6) is 11.5 Å². The summed E-state index contributed by atoms with van der Waals surface area (Å²) in [5, 5.41) is 0. The van der Waals surface area contributed by atoms with Gasteiger partial charge in [0, 0.05) is 24.2 Å². The standard InChI is InChI=1S/C48H50N4O10S2.H2O/c1-59-45-25-21-39(63(55,56)37-15-7-3-8-16-37)31-41(45)43-23-19-35(33-49-27-11-5-12-28-49)51(43)61-47(53)48(54)62-52-36(34-50-29-13-6-14-30-50)20-24-44(52)42-32-40(22-26-46(42)60-2)64(57,58)38-17-9-4-10-18-38;/h3-4,7-10,15-26,31-32H,5-6,11-14,27-30,33-34H2,1-2H3;1H2. The van der Waals surface area contributed by atoms with Gasteiger partial charge in [-0.1, -0.05) is 49.2 Å². The first-order chi connectivity index (χ1) is 31.0. The molecule has 65 heavy (non-hydrogen) atoms. The van der Waals surface area contributed by atoms with Crippen LogP contribution in [0.25, 0.3) is 22.5 Å². The number of hydrogen-bond acceptors (Lipinski definition) is 12. The Labute approximate surface area is 378 Å². The van der Waals surface area contributed by atoms with Crippen molar-refractivity contribution in [2.24, 2.45) is 0 Å². The Morgan fingerprint density at radius 2 is 0.846 bits per heavy atom. The highest BCUT2D eigenvalue weighted by atomic mass is 32.2. The van der Waals surface area contributed by atoms with Crippen molar-refractivity contribution in [1.29, 1.82) is 0 Å². The van der Waals surface area contributed by atoms with Crippen molar-refractivity contribution in [3.05, 3.63) is 133 Å². The number of nitrogens with zero attached hydrogens (tertiary/aromatic N) is 4. The van der Waals surface area contributed by atoms with Crippen molar-refractivity contribution in [1.82, 2.24) is 19.3 Å². The third kappa shape index (κ3) is 10.0. The van der Waals surface area contributed by atoms with Gasteiger partial charge in [0.15, 0.2) is 0 Å². The van der Waals surface area contributed by atoms with Gasteiger partial charge in [0.05, 0.1) is 56.6 Å². The number of piperidine rings is 2. The van der Waals surface area contributed by atoms with Gasteiger partial charge >= 0.3 is 11.9 Å². The lowest BCUT2D eigenvalue weighted by molar-refractivity contribution is -0.168. The Balaban J connectivity index is 0.00000630. The highest BCUT2D eigenvalue weighted by Gasteiger charge is 2.30. The van der Waals surface area contributed by atoms with Crippen molar-refractivity contribution in [3.63, 3.8) is 0 Å². The molecule has 0 aliphatic carbocycles. The number of carbonyl (C=O) groups is 2. The minimum atomic E-state index is -3.96. The topological polar surface area (TPSA) is 187 Å². The highest BCUT2D eigenvalue weighted by Crippen LogP contribution is 2.37. The van der Waals surface area contributed by atoms with E-state index >= 15 is 0 Å². The molecule has 0 amide bonds. The van der Waals surface area contributed by atoms with Gasteiger partial charge < -0.3 is 24.6 Å². The number of hydrogen-bond donors (Lipinski definition) is 0. The predicted octanol–water partition coefficient (Wildman–Crippen LogP) is 6.06. The molecule has 2 aromatic heterocycles. The Bertz CT molecular complexity index is 2650. The summed E-state index contributed by atoms with van der Waals surface area (Å²) in [5.41, 5.74) is 2.21. The lowest BCUT2D eigenvalue weighted by Crippen LogP contribution is -2.38. The summed E-state index contributed by atoms with van der Waals surface area (Å²) >= 11 is 0. The van der Waals surface area contributed by atoms with Crippen molar-refractivity contribution in [2.75, 3.05) is 40.4 Å². The zero-order chi connectivity index (χ0) is 44.8. The fourth-order valence-electron chi connectivity index (χ4n) is 8.29. The maximum atomic E-state index is 14.2. The van der Waals surface area contributed by atoms with Crippen LogP contribution < -0.4 is 19.1 Å². The van der Waals surface area contributed by atoms with Gasteiger partial charge in [-0.3, -0.25) is 9.80 Å². The van der Waals surface area contributed by atoms with Gasteiger partial charge in [-0.25, -0.2) is 26.4 Å². The molecule has 0 bridgehead atoms. The molecule has 2 aliphatic rings. The number of aromatic nitrogens is 2. The molecule has 0 atom stereocenters. The van der Waals surface area contributed by atoms with E-state index in [1.165, 1.54) is 84.3 Å². The Morgan fingerprint density at radius 1 is 0.477 bits per heavy atom. The number of ether oxygens (including phenoxy) is 2. The quantitative estimate of drug-likeness (QED) is 0.115. The Morgan fingerprint density at radius 3 is 1.20 bits per heavy atom. The smallest absolute Gasteiger partial charge is 0.444 e. The summed E-state index contributed by atoms with van der Waals surface area (Å²) in [7, 11) is -5.03. The van der Waals surface area contributed by atoms with E-state index < -0.39 is 31.6 Å². The fraction of sp³-hybridized carbons (Fsp3) is 0.292. The first-order valence-electron chi connectivity index (χ1n) is 21.3. The second-order valence-electron chi connectivity index (χ2n) is 15.8. The summed E-state index contributed by atoms with van der Waals surface area (Å²) < 4.78 is 69.1. The maximum absolute atomic E-state index is 14.2. The summed E-state index contributed by atoms with van der Waals surface area (Å²) in [6.07, 6.45) is 6.19. The lowest BCUT2D eigenvalue weighted by atomic mass is 10.1. The van der Waals surface area contributed by atoms with Crippen LogP contribution in [0.2, 0.25) is 0 Å². The fourth-order valence-corrected chi connectivity index (χ4v) is 10.9. The summed E-state index contributed by atoms with van der Waals surface area (Å²) in [4.78, 5) is 44.9. The van der Waals surface area contributed by atoms with Crippen LogP contribution in [0.4, 0.5) is 0 Å². The number of sulfone groups is 2. The van der Waals surface area contributed by atoms with E-state index in [2.05, 4.69) is 9.80 Å². The average Bonchev–Trinajstić information content (AvgIpc) is 3.91. The minimum absolute atomic E-state index is 0. The third-order valence-electron chi connectivity index (χ3n) is 11.6. The molecule has 15 nitrogen and oxygen atoms in total. The molecule has 0 saturated carbocycles. The number of methoxy groups -OCH3 is 2. The lowest BCUT2D eigenvalue weighted by Gasteiger charge is -2.27. The van der Waals surface area contributed by atoms with Crippen molar-refractivity contribution >= 4 is 31.6 Å². The molecule has 0 radical (unpaired) electrons. The van der Waals surface area contributed by atoms with Crippen molar-refractivity contribution in [2.45, 2.75) is 71.2 Å². The molecule has 0 unspecified atom stereocenters. The molecule has 8 rings (SSSR count). The Hall–Kier alpha value is -6.24. The van der Waals surface area contributed by atoms with E-state index in [0.717, 1.165) is 64.7 Å². The number of benzene rings is 4. The summed E-state index contributed by atoms with van der Waals surface area (Å²) in [6, 6.07) is 31.9. The zero-order valence-electron chi connectivity index (χ0n) is 36.2. The molecule has 17 heteroatoms. The molecular formula is C48H52N4O11S2. The first-order valence-corrected chi connectivity index (χ1v) is 24.2. The normalized spacial score (nSPS) is 14.9. The van der Waals surface area contributed by atoms with Crippen LogP contribution in [-0.4, -0.2) is 93.9 Å². The van der Waals surface area contributed by atoms with E-state index in [1.54, 1.807) is 60.7 Å². The van der Waals surface area contributed by atoms with Gasteiger partial charge in [0.25, 0.3) is 0 Å². The molecule has 4 heterocycles. The third-order valence-corrected chi connectivity index (χ3v) is 15.2. The number of carbonyl (C=O) groups excluding carboxylic acids is 2. The molecule has 6 aromatic rings. The van der Waals surface area contributed by atoms with Crippen LogP contribution in [0.1, 0.15) is 49.9 Å². The van der Waals surface area contributed by atoms with Crippen molar-refractivity contribution in [3.8, 4) is 34.0 Å². The van der Waals surface area contributed by atoms with E-state index in [4.69, 9.17) is 19.1 Å². The van der Waals surface area contributed by atoms with Crippen LogP contribution in [0, 0.1) is 0 Å². The second-order valence-corrected chi connectivity index (χ2v) is 19.7. The summed E-state index contributed by atoms with van der Waals surface area (Å²) in [6.45, 7) is 4.01. The molecule has 342 valence electrons. The van der Waals surface area contributed by atoms with Gasteiger partial charge in [-0.2, -0.15) is 9.46 Å². The van der Waals surface area contributed by atoms with E-state index in [0.29, 0.717) is 47.1 Å². The highest BCUT2D eigenvalue weighted by molar-refractivity contribution is 7.91. The van der Waals surface area contributed by atoms with E-state index in [1.807, 2.05) is 0 Å². The largest absolute Gasteiger partial charge is 0.496 e. The monoisotopic (exact) mass is 924 g/mol. The summed E-state index contributed by atoms with van der Waals surface area (Å²) in [5.74, 6) is -2.11. The maximum Gasteiger partial charge on any atom is 0.444 e. The van der Waals surface area contributed by atoms with Crippen LogP contribution >= 0.6 is 0 Å². The van der Waals surface area contributed by atoms with Crippen molar-refractivity contribution < 1.29 is 51.0 Å². The molecule has 2 saturated heterocycles. The number of rotatable bonds is 14. The molecule has 2 N–H and O–H groups in total. The molecule has 2 aliphatic heterocycles. The van der Waals surface area contributed by atoms with Crippen LogP contribution in [0.15, 0.2) is 141 Å². The SMILES string of the molecule is COc1ccc(S(=O)(=O)c2ccccc2)cc1-c1ccc(CN2CCCCC2)n1OC(=O)C(=O)On1c(CN2CCCCC2)ccc1-c1cc(S(=O)(=O)c2ccccc2)ccc1OC.O. The predicted molar refractivity (Wildman–Crippen MR) is 242 cm³/mol. The van der Waals surface area contributed by atoms with Gasteiger partial charge in [0.1, 0.15) is 11.5 Å². The zero-order valence-corrected chi connectivity index (χ0v) is 37.9. The molecule has 4 aromatic carbocycles. The first kappa shape index (κ1) is 46.7. The minimum Gasteiger partial charge on any atom is -0.496 e.